The van der Waals surface area contributed by atoms with Gasteiger partial charge in [0.1, 0.15) is 5.82 Å². The van der Waals surface area contributed by atoms with Gasteiger partial charge >= 0.3 is 0 Å². The molecule has 1 N–H and O–H groups in total. The zero-order valence-corrected chi connectivity index (χ0v) is 19.1. The van der Waals surface area contributed by atoms with Gasteiger partial charge in [-0.2, -0.15) is 5.10 Å². The Labute approximate surface area is 191 Å². The van der Waals surface area contributed by atoms with Crippen LogP contribution >= 0.6 is 0 Å². The molecule has 0 radical (unpaired) electrons. The fourth-order valence-electron chi connectivity index (χ4n) is 5.98. The van der Waals surface area contributed by atoms with Gasteiger partial charge in [-0.25, -0.2) is 4.39 Å². The van der Waals surface area contributed by atoms with E-state index in [0.29, 0.717) is 6.10 Å². The Bertz CT molecular complexity index is 851. The van der Waals surface area contributed by atoms with Crippen LogP contribution < -0.4 is 0 Å². The van der Waals surface area contributed by atoms with Crippen molar-refractivity contribution in [2.24, 2.45) is 5.92 Å². The molecule has 3 fully saturated rings. The van der Waals surface area contributed by atoms with Gasteiger partial charge in [0.05, 0.1) is 18.0 Å². The van der Waals surface area contributed by atoms with Gasteiger partial charge < -0.3 is 9.64 Å². The number of H-pyrrole nitrogens is 1. The maximum absolute atomic E-state index is 13.8. The molecule has 0 amide bonds. The molecule has 2 saturated heterocycles. The van der Waals surface area contributed by atoms with Crippen LogP contribution in [0.5, 0.6) is 0 Å². The molecule has 174 valence electrons. The molecule has 0 unspecified atom stereocenters. The van der Waals surface area contributed by atoms with E-state index in [1.807, 2.05) is 12.3 Å². The first-order chi connectivity index (χ1) is 15.7. The number of piperidine rings is 1. The van der Waals surface area contributed by atoms with Crippen LogP contribution in [0.15, 0.2) is 30.5 Å². The van der Waals surface area contributed by atoms with Crippen LogP contribution in [0.3, 0.4) is 0 Å². The highest BCUT2D eigenvalue weighted by Gasteiger charge is 2.29. The fourth-order valence-corrected chi connectivity index (χ4v) is 5.98. The molecular formula is C26H37FN4O. The van der Waals surface area contributed by atoms with Crippen LogP contribution in [-0.2, 0) is 11.3 Å². The van der Waals surface area contributed by atoms with E-state index in [0.717, 1.165) is 61.4 Å². The zero-order valence-electron chi connectivity index (χ0n) is 19.1. The molecule has 3 heterocycles. The zero-order chi connectivity index (χ0) is 21.8. The number of nitrogens with one attached hydrogen (secondary N) is 1. The van der Waals surface area contributed by atoms with Crippen LogP contribution in [0.2, 0.25) is 0 Å². The molecule has 6 heteroatoms. The molecule has 5 nitrogen and oxygen atoms in total. The van der Waals surface area contributed by atoms with E-state index in [-0.39, 0.29) is 5.82 Å². The number of likely N-dealkylation sites (tertiary alicyclic amines) is 1. The summed E-state index contributed by atoms with van der Waals surface area (Å²) in [7, 11) is 0. The Morgan fingerprint density at radius 1 is 1.06 bits per heavy atom. The molecule has 1 aromatic heterocycles. The number of hydrogen-bond donors (Lipinski definition) is 1. The van der Waals surface area contributed by atoms with Gasteiger partial charge in [0.2, 0.25) is 0 Å². The van der Waals surface area contributed by atoms with E-state index in [9.17, 15) is 4.39 Å². The minimum absolute atomic E-state index is 0.215. The van der Waals surface area contributed by atoms with E-state index in [1.165, 1.54) is 64.1 Å². The molecule has 0 spiro atoms. The summed E-state index contributed by atoms with van der Waals surface area (Å²) in [4.78, 5) is 5.32. The normalized spacial score (nSPS) is 23.5. The molecule has 1 saturated carbocycles. The second kappa shape index (κ2) is 10.4. The topological polar surface area (TPSA) is 44.4 Å². The largest absolute Gasteiger partial charge is 0.377 e. The predicted molar refractivity (Wildman–Crippen MR) is 125 cm³/mol. The maximum Gasteiger partial charge on any atom is 0.123 e. The van der Waals surface area contributed by atoms with Gasteiger partial charge in [0.25, 0.3) is 0 Å². The number of ether oxygens (including phenoxy) is 1. The molecule has 1 aliphatic carbocycles. The van der Waals surface area contributed by atoms with Crippen molar-refractivity contribution in [3.8, 4) is 11.3 Å². The minimum Gasteiger partial charge on any atom is -0.377 e. The molecule has 2 aliphatic heterocycles. The molecule has 5 rings (SSSR count). The molecule has 1 atom stereocenters. The van der Waals surface area contributed by atoms with Crippen molar-refractivity contribution in [1.29, 1.82) is 0 Å². The van der Waals surface area contributed by atoms with Crippen LogP contribution in [0.1, 0.15) is 56.9 Å². The number of halogens is 1. The van der Waals surface area contributed by atoms with Gasteiger partial charge in [0.15, 0.2) is 0 Å². The van der Waals surface area contributed by atoms with E-state index in [2.05, 4.69) is 20.0 Å². The highest BCUT2D eigenvalue weighted by atomic mass is 19.1. The SMILES string of the molecule is Fc1cccc(-c2[nH]ncc2CN(CC2CCN(C3CCCC3)CC2)C[C@H]2CCCO2)c1. The number of aromatic nitrogens is 2. The van der Waals surface area contributed by atoms with E-state index < -0.39 is 0 Å². The van der Waals surface area contributed by atoms with Crippen LogP contribution in [0.25, 0.3) is 11.3 Å². The Morgan fingerprint density at radius 2 is 1.91 bits per heavy atom. The molecular weight excluding hydrogens is 403 g/mol. The summed E-state index contributed by atoms with van der Waals surface area (Å²) in [6, 6.07) is 7.63. The predicted octanol–water partition coefficient (Wildman–Crippen LogP) is 4.85. The Balaban J connectivity index is 1.24. The first-order valence-electron chi connectivity index (χ1n) is 12.6. The molecule has 1 aromatic carbocycles. The lowest BCUT2D eigenvalue weighted by Crippen LogP contribution is -2.43. The molecule has 2 aromatic rings. The quantitative estimate of drug-likeness (QED) is 0.637. The number of aromatic amines is 1. The van der Waals surface area contributed by atoms with Gasteiger partial charge in [-0.05, 0) is 69.7 Å². The van der Waals surface area contributed by atoms with Crippen molar-refractivity contribution in [1.82, 2.24) is 20.0 Å². The highest BCUT2D eigenvalue weighted by Crippen LogP contribution is 2.29. The lowest BCUT2D eigenvalue weighted by atomic mass is 9.94. The van der Waals surface area contributed by atoms with Gasteiger partial charge in [0, 0.05) is 43.4 Å². The van der Waals surface area contributed by atoms with Crippen LogP contribution in [0.4, 0.5) is 4.39 Å². The average molecular weight is 441 g/mol. The van der Waals surface area contributed by atoms with Gasteiger partial charge in [-0.15, -0.1) is 0 Å². The standard InChI is InChI=1S/C26H37FN4O/c27-23-6-3-5-21(15-23)26-22(16-28-29-26)18-30(19-25-9-4-14-32-25)17-20-10-12-31(13-11-20)24-7-1-2-8-24/h3,5-6,15-16,20,24-25H,1-2,4,7-14,17-19H2,(H,28,29)/t25-/m1/s1. The summed E-state index contributed by atoms with van der Waals surface area (Å²) in [5, 5.41) is 7.41. The molecule has 3 aliphatic rings. The van der Waals surface area contributed by atoms with E-state index >= 15 is 0 Å². The van der Waals surface area contributed by atoms with Gasteiger partial charge in [-0.1, -0.05) is 25.0 Å². The summed E-state index contributed by atoms with van der Waals surface area (Å²) in [5.41, 5.74) is 2.93. The maximum atomic E-state index is 13.8. The Hall–Kier alpha value is -1.76. The minimum atomic E-state index is -0.215. The van der Waals surface area contributed by atoms with E-state index in [1.54, 1.807) is 12.1 Å². The Kier molecular flexibility index (Phi) is 7.20. The van der Waals surface area contributed by atoms with Crippen molar-refractivity contribution < 1.29 is 9.13 Å². The third kappa shape index (κ3) is 5.41. The molecule has 0 bridgehead atoms. The number of rotatable bonds is 8. The van der Waals surface area contributed by atoms with Gasteiger partial charge in [-0.3, -0.25) is 10.00 Å². The average Bonchev–Trinajstić information content (AvgIpc) is 3.58. The summed E-state index contributed by atoms with van der Waals surface area (Å²) in [6.07, 6.45) is 12.8. The van der Waals surface area contributed by atoms with Crippen molar-refractivity contribution >= 4 is 0 Å². The monoisotopic (exact) mass is 440 g/mol. The third-order valence-corrected chi connectivity index (χ3v) is 7.72. The summed E-state index contributed by atoms with van der Waals surface area (Å²) >= 11 is 0. The summed E-state index contributed by atoms with van der Waals surface area (Å²) < 4.78 is 19.8. The first kappa shape index (κ1) is 22.1. The second-order valence-electron chi connectivity index (χ2n) is 10.0. The number of benzene rings is 1. The third-order valence-electron chi connectivity index (χ3n) is 7.72. The van der Waals surface area contributed by atoms with E-state index in [4.69, 9.17) is 4.74 Å². The lowest BCUT2D eigenvalue weighted by Gasteiger charge is -2.38. The first-order valence-corrected chi connectivity index (χ1v) is 12.6. The lowest BCUT2D eigenvalue weighted by molar-refractivity contribution is 0.0540. The van der Waals surface area contributed by atoms with Crippen molar-refractivity contribution in [2.75, 3.05) is 32.8 Å². The van der Waals surface area contributed by atoms with Crippen molar-refractivity contribution in [3.05, 3.63) is 41.8 Å². The van der Waals surface area contributed by atoms with Crippen molar-refractivity contribution in [2.45, 2.75) is 70.1 Å². The summed E-state index contributed by atoms with van der Waals surface area (Å²) in [5.74, 6) is 0.520. The van der Waals surface area contributed by atoms with Crippen molar-refractivity contribution in [3.63, 3.8) is 0 Å². The number of nitrogens with zero attached hydrogens (tertiary/aromatic N) is 3. The smallest absolute Gasteiger partial charge is 0.123 e. The summed E-state index contributed by atoms with van der Waals surface area (Å²) in [6.45, 7) is 6.29. The van der Waals surface area contributed by atoms with Crippen LogP contribution in [-0.4, -0.2) is 64.9 Å². The fraction of sp³-hybridized carbons (Fsp3) is 0.654. The highest BCUT2D eigenvalue weighted by molar-refractivity contribution is 5.62. The number of hydrogen-bond acceptors (Lipinski definition) is 4. The molecule has 32 heavy (non-hydrogen) atoms. The van der Waals surface area contributed by atoms with Crippen LogP contribution in [0, 0.1) is 11.7 Å². The Morgan fingerprint density at radius 3 is 2.66 bits per heavy atom. The second-order valence-corrected chi connectivity index (χ2v) is 10.0.